The third kappa shape index (κ3) is 3.02. The molecule has 5 nitrogen and oxygen atoms in total. The van der Waals surface area contributed by atoms with Crippen LogP contribution in [-0.4, -0.2) is 32.7 Å². The number of hydrogen-bond acceptors (Lipinski definition) is 4. The van der Waals surface area contributed by atoms with Gasteiger partial charge in [-0.15, -0.1) is 0 Å². The van der Waals surface area contributed by atoms with Gasteiger partial charge in [-0.3, -0.25) is 0 Å². The fraction of sp³-hybridized carbons (Fsp3) is 0.625. The van der Waals surface area contributed by atoms with Crippen molar-refractivity contribution in [2.45, 2.75) is 58.0 Å². The summed E-state index contributed by atoms with van der Waals surface area (Å²) in [5, 5.41) is 11.5. The van der Waals surface area contributed by atoms with Gasteiger partial charge in [-0.2, -0.15) is 5.10 Å². The third-order valence-corrected chi connectivity index (χ3v) is 4.32. The van der Waals surface area contributed by atoms with Crippen molar-refractivity contribution in [2.75, 3.05) is 11.9 Å². The van der Waals surface area contributed by atoms with E-state index >= 15 is 0 Å². The van der Waals surface area contributed by atoms with Crippen molar-refractivity contribution >= 4 is 11.5 Å². The highest BCUT2D eigenvalue weighted by Gasteiger charge is 2.26. The fourth-order valence-electron chi connectivity index (χ4n) is 2.83. The molecule has 0 radical (unpaired) electrons. The minimum atomic E-state index is 0.256. The van der Waals surface area contributed by atoms with Crippen molar-refractivity contribution in [3.63, 3.8) is 0 Å². The molecule has 2 N–H and O–H groups in total. The molecule has 2 aromatic heterocycles. The van der Waals surface area contributed by atoms with Gasteiger partial charge in [-0.05, 0) is 38.7 Å². The van der Waals surface area contributed by atoms with Gasteiger partial charge in [0.1, 0.15) is 5.82 Å². The van der Waals surface area contributed by atoms with E-state index < -0.39 is 0 Å². The van der Waals surface area contributed by atoms with Crippen LogP contribution in [0.15, 0.2) is 18.5 Å². The Morgan fingerprint density at radius 3 is 2.90 bits per heavy atom. The van der Waals surface area contributed by atoms with Crippen molar-refractivity contribution in [3.8, 4) is 0 Å². The Kier molecular flexibility index (Phi) is 3.61. The Labute approximate surface area is 126 Å². The van der Waals surface area contributed by atoms with E-state index in [1.807, 2.05) is 23.0 Å². The van der Waals surface area contributed by atoms with Gasteiger partial charge in [0.2, 0.25) is 0 Å². The Morgan fingerprint density at radius 2 is 2.24 bits per heavy atom. The second kappa shape index (κ2) is 5.30. The molecule has 1 atom stereocenters. The first kappa shape index (κ1) is 14.3. The Hall–Kier alpha value is -1.62. The third-order valence-electron chi connectivity index (χ3n) is 4.32. The molecule has 114 valence electrons. The van der Waals surface area contributed by atoms with Gasteiger partial charge >= 0.3 is 0 Å². The van der Waals surface area contributed by atoms with Gasteiger partial charge in [0.15, 0.2) is 5.65 Å². The standard InChI is InChI=1S/C16H25N5/c1-11(2)13-10-18-21-8-6-14(20-15(13)21)19-12-5-7-16(3,4)17-9-12/h6,8,10-12,17H,5,7,9H2,1-4H3,(H,19,20)/t12-/m1/s1. The second-order valence-electron chi connectivity index (χ2n) is 6.98. The van der Waals surface area contributed by atoms with E-state index in [0.29, 0.717) is 12.0 Å². The van der Waals surface area contributed by atoms with Crippen LogP contribution in [0.1, 0.15) is 52.0 Å². The number of rotatable bonds is 3. The Bertz CT molecular complexity index is 619. The van der Waals surface area contributed by atoms with Crippen LogP contribution in [-0.2, 0) is 0 Å². The molecule has 0 aliphatic carbocycles. The summed E-state index contributed by atoms with van der Waals surface area (Å²) in [7, 11) is 0. The van der Waals surface area contributed by atoms with Crippen molar-refractivity contribution in [1.82, 2.24) is 19.9 Å². The van der Waals surface area contributed by atoms with Crippen LogP contribution in [0.25, 0.3) is 5.65 Å². The van der Waals surface area contributed by atoms with Crippen molar-refractivity contribution < 1.29 is 0 Å². The van der Waals surface area contributed by atoms with Crippen LogP contribution >= 0.6 is 0 Å². The summed E-state index contributed by atoms with van der Waals surface area (Å²) in [6.45, 7) is 9.84. The van der Waals surface area contributed by atoms with Crippen LogP contribution in [0, 0.1) is 0 Å². The molecule has 1 aliphatic heterocycles. The quantitative estimate of drug-likeness (QED) is 0.911. The fourth-order valence-corrected chi connectivity index (χ4v) is 2.83. The predicted molar refractivity (Wildman–Crippen MR) is 85.8 cm³/mol. The number of aromatic nitrogens is 3. The average molecular weight is 287 g/mol. The lowest BCUT2D eigenvalue weighted by molar-refractivity contribution is 0.289. The summed E-state index contributed by atoms with van der Waals surface area (Å²) in [5.74, 6) is 1.37. The minimum Gasteiger partial charge on any atom is -0.366 e. The van der Waals surface area contributed by atoms with E-state index in [1.54, 1.807) is 0 Å². The molecule has 0 bridgehead atoms. The zero-order chi connectivity index (χ0) is 15.0. The first-order valence-corrected chi connectivity index (χ1v) is 7.80. The maximum absolute atomic E-state index is 4.75. The minimum absolute atomic E-state index is 0.256. The zero-order valence-corrected chi connectivity index (χ0v) is 13.3. The number of piperidine rings is 1. The van der Waals surface area contributed by atoms with Crippen LogP contribution in [0.4, 0.5) is 5.82 Å². The lowest BCUT2D eigenvalue weighted by Crippen LogP contribution is -2.50. The first-order valence-electron chi connectivity index (χ1n) is 7.80. The van der Waals surface area contributed by atoms with Gasteiger partial charge in [-0.25, -0.2) is 9.50 Å². The molecule has 21 heavy (non-hydrogen) atoms. The van der Waals surface area contributed by atoms with Gasteiger partial charge in [0.25, 0.3) is 0 Å². The molecule has 0 saturated carbocycles. The molecule has 3 heterocycles. The number of fused-ring (bicyclic) bond motifs is 1. The normalized spacial score (nSPS) is 21.9. The van der Waals surface area contributed by atoms with Crippen LogP contribution in [0.3, 0.4) is 0 Å². The van der Waals surface area contributed by atoms with Crippen LogP contribution in [0.2, 0.25) is 0 Å². The highest BCUT2D eigenvalue weighted by atomic mass is 15.3. The Balaban J connectivity index is 1.77. The molecule has 2 aromatic rings. The lowest BCUT2D eigenvalue weighted by Gasteiger charge is -2.36. The largest absolute Gasteiger partial charge is 0.366 e. The molecule has 3 rings (SSSR count). The van der Waals surface area contributed by atoms with Gasteiger partial charge in [0.05, 0.1) is 6.20 Å². The first-order chi connectivity index (χ1) is 9.94. The maximum Gasteiger partial charge on any atom is 0.160 e. The summed E-state index contributed by atoms with van der Waals surface area (Å²) >= 11 is 0. The molecule has 0 amide bonds. The number of anilines is 1. The molecule has 0 unspecified atom stereocenters. The van der Waals surface area contributed by atoms with Gasteiger partial charge < -0.3 is 10.6 Å². The Morgan fingerprint density at radius 1 is 1.43 bits per heavy atom. The molecular formula is C16H25N5. The van der Waals surface area contributed by atoms with E-state index in [1.165, 1.54) is 18.4 Å². The summed E-state index contributed by atoms with van der Waals surface area (Å²) in [6.07, 6.45) is 6.25. The van der Waals surface area contributed by atoms with E-state index in [4.69, 9.17) is 4.98 Å². The number of nitrogens with zero attached hydrogens (tertiary/aromatic N) is 3. The van der Waals surface area contributed by atoms with E-state index in [9.17, 15) is 0 Å². The molecule has 1 fully saturated rings. The molecule has 0 spiro atoms. The van der Waals surface area contributed by atoms with Crippen molar-refractivity contribution in [3.05, 3.63) is 24.0 Å². The summed E-state index contributed by atoms with van der Waals surface area (Å²) in [5.41, 5.74) is 2.41. The predicted octanol–water partition coefficient (Wildman–Crippen LogP) is 2.80. The highest BCUT2D eigenvalue weighted by molar-refractivity contribution is 5.53. The van der Waals surface area contributed by atoms with E-state index in [-0.39, 0.29) is 5.54 Å². The summed E-state index contributed by atoms with van der Waals surface area (Å²) in [4.78, 5) is 4.75. The topological polar surface area (TPSA) is 54.2 Å². The molecular weight excluding hydrogens is 262 g/mol. The van der Waals surface area contributed by atoms with Crippen LogP contribution in [0.5, 0.6) is 0 Å². The van der Waals surface area contributed by atoms with Crippen molar-refractivity contribution in [2.24, 2.45) is 0 Å². The maximum atomic E-state index is 4.75. The summed E-state index contributed by atoms with van der Waals surface area (Å²) < 4.78 is 1.85. The van der Waals surface area contributed by atoms with Crippen molar-refractivity contribution in [1.29, 1.82) is 0 Å². The van der Waals surface area contributed by atoms with Crippen LogP contribution < -0.4 is 10.6 Å². The highest BCUT2D eigenvalue weighted by Crippen LogP contribution is 2.22. The smallest absolute Gasteiger partial charge is 0.160 e. The monoisotopic (exact) mass is 287 g/mol. The number of hydrogen-bond donors (Lipinski definition) is 2. The van der Waals surface area contributed by atoms with Gasteiger partial charge in [0, 0.05) is 29.9 Å². The van der Waals surface area contributed by atoms with E-state index in [0.717, 1.165) is 18.0 Å². The average Bonchev–Trinajstić information content (AvgIpc) is 2.84. The molecule has 5 heteroatoms. The molecule has 0 aromatic carbocycles. The zero-order valence-electron chi connectivity index (χ0n) is 13.3. The molecule has 1 saturated heterocycles. The second-order valence-corrected chi connectivity index (χ2v) is 6.98. The van der Waals surface area contributed by atoms with E-state index in [2.05, 4.69) is 43.4 Å². The lowest BCUT2D eigenvalue weighted by atomic mass is 9.91. The summed E-state index contributed by atoms with van der Waals surface area (Å²) in [6, 6.07) is 2.45. The number of nitrogens with one attached hydrogen (secondary N) is 2. The van der Waals surface area contributed by atoms with Gasteiger partial charge in [-0.1, -0.05) is 13.8 Å². The molecule has 1 aliphatic rings. The SMILES string of the molecule is CC(C)c1cnn2ccc(N[C@@H]3CCC(C)(C)NC3)nc12.